The van der Waals surface area contributed by atoms with Crippen molar-refractivity contribution in [2.75, 3.05) is 36.8 Å². The summed E-state index contributed by atoms with van der Waals surface area (Å²) in [5.41, 5.74) is 2.54. The number of fused-ring (bicyclic) bond motifs is 2. The zero-order chi connectivity index (χ0) is 27.4. The monoisotopic (exact) mass is 531 g/mol. The summed E-state index contributed by atoms with van der Waals surface area (Å²) in [5.74, 6) is -0.0570. The van der Waals surface area contributed by atoms with Gasteiger partial charge < -0.3 is 25.4 Å². The Morgan fingerprint density at radius 3 is 1.67 bits per heavy atom. The molecule has 2 aliphatic rings. The maximum atomic E-state index is 13.2. The predicted octanol–water partition coefficient (Wildman–Crippen LogP) is 5.09. The topological polar surface area (TPSA) is 97.5 Å². The number of carbonyl (C=O) groups excluding carboxylic acids is 2. The number of aromatic nitrogens is 1. The second kappa shape index (κ2) is 12.3. The predicted molar refractivity (Wildman–Crippen MR) is 158 cm³/mol. The van der Waals surface area contributed by atoms with Crippen LogP contribution in [-0.4, -0.2) is 64.9 Å². The molecule has 3 aromatic rings. The lowest BCUT2D eigenvalue weighted by Gasteiger charge is -2.33. The van der Waals surface area contributed by atoms with Crippen molar-refractivity contribution in [3.63, 3.8) is 0 Å². The summed E-state index contributed by atoms with van der Waals surface area (Å²) in [5, 5.41) is 7.11. The van der Waals surface area contributed by atoms with Crippen molar-refractivity contribution in [1.82, 2.24) is 14.8 Å². The van der Waals surface area contributed by atoms with Crippen molar-refractivity contribution in [3.05, 3.63) is 46.6 Å². The van der Waals surface area contributed by atoms with Crippen molar-refractivity contribution < 1.29 is 9.59 Å². The van der Waals surface area contributed by atoms with Crippen LogP contribution in [0.15, 0.2) is 41.2 Å². The molecule has 0 saturated carbocycles. The van der Waals surface area contributed by atoms with Gasteiger partial charge in [0.2, 0.25) is 11.8 Å². The van der Waals surface area contributed by atoms with E-state index in [-0.39, 0.29) is 17.2 Å². The number of amides is 2. The van der Waals surface area contributed by atoms with Crippen molar-refractivity contribution in [2.24, 2.45) is 0 Å². The number of benzene rings is 2. The van der Waals surface area contributed by atoms with Gasteiger partial charge in [-0.05, 0) is 89.0 Å². The molecule has 3 N–H and O–H groups in total. The van der Waals surface area contributed by atoms with Crippen LogP contribution >= 0.6 is 0 Å². The number of likely N-dealkylation sites (tertiary alicyclic amines) is 2. The molecule has 3 heterocycles. The van der Waals surface area contributed by atoms with E-state index in [1.54, 1.807) is 24.3 Å². The minimum absolute atomic E-state index is 0.0285. The van der Waals surface area contributed by atoms with Crippen molar-refractivity contribution in [3.8, 4) is 0 Å². The van der Waals surface area contributed by atoms with E-state index in [1.807, 2.05) is 12.1 Å². The summed E-state index contributed by atoms with van der Waals surface area (Å²) in [4.78, 5) is 46.6. The fraction of sp³-hybridized carbons (Fsp3) is 0.516. The summed E-state index contributed by atoms with van der Waals surface area (Å²) < 4.78 is 0. The van der Waals surface area contributed by atoms with Gasteiger partial charge in [-0.15, -0.1) is 0 Å². The van der Waals surface area contributed by atoms with Gasteiger partial charge in [0.25, 0.3) is 0 Å². The van der Waals surface area contributed by atoms with E-state index >= 15 is 0 Å². The molecular weight excluding hydrogens is 490 g/mol. The van der Waals surface area contributed by atoms with Gasteiger partial charge in [-0.1, -0.05) is 12.8 Å². The summed E-state index contributed by atoms with van der Waals surface area (Å²) in [6, 6.07) is 11.7. The fourth-order valence-electron chi connectivity index (χ4n) is 6.05. The molecule has 2 atom stereocenters. The molecule has 0 spiro atoms. The van der Waals surface area contributed by atoms with E-state index in [2.05, 4.69) is 39.3 Å². The molecule has 8 heteroatoms. The van der Waals surface area contributed by atoms with Crippen LogP contribution in [0.4, 0.5) is 11.4 Å². The van der Waals surface area contributed by atoms with Gasteiger partial charge in [0, 0.05) is 60.2 Å². The Balaban J connectivity index is 1.25. The standard InChI is InChI=1S/C31H41N5O3/c1-21-7-3-5-15-35(21)17-13-29(37)32-23-9-11-25-27(19-23)34-28-20-24(10-12-26(28)31(25)39)33-30(38)14-18-36-16-6-4-8-22(36)2/h9-12,19-22H,3-8,13-18H2,1-2H3,(H,32,37)(H,33,38)(H,34,39). The van der Waals surface area contributed by atoms with E-state index in [9.17, 15) is 14.4 Å². The maximum Gasteiger partial charge on any atom is 0.225 e. The fourth-order valence-corrected chi connectivity index (χ4v) is 6.05. The number of hydrogen-bond acceptors (Lipinski definition) is 5. The molecular formula is C31H41N5O3. The Morgan fingerprint density at radius 2 is 1.23 bits per heavy atom. The van der Waals surface area contributed by atoms with Crippen LogP contribution in [0.1, 0.15) is 65.2 Å². The normalized spacial score (nSPS) is 20.8. The molecule has 5 rings (SSSR count). The number of rotatable bonds is 8. The highest BCUT2D eigenvalue weighted by molar-refractivity contribution is 5.99. The van der Waals surface area contributed by atoms with Gasteiger partial charge in [-0.2, -0.15) is 0 Å². The minimum atomic E-state index is -0.0762. The average Bonchev–Trinajstić information content (AvgIpc) is 2.92. The third-order valence-electron chi connectivity index (χ3n) is 8.50. The summed E-state index contributed by atoms with van der Waals surface area (Å²) in [7, 11) is 0. The first-order valence-electron chi connectivity index (χ1n) is 14.5. The van der Waals surface area contributed by atoms with Gasteiger partial charge in [0.15, 0.2) is 5.43 Å². The summed E-state index contributed by atoms with van der Waals surface area (Å²) >= 11 is 0. The molecule has 2 amide bonds. The van der Waals surface area contributed by atoms with Crippen molar-refractivity contribution >= 4 is 45.0 Å². The number of H-pyrrole nitrogens is 1. The second-order valence-corrected chi connectivity index (χ2v) is 11.3. The van der Waals surface area contributed by atoms with Gasteiger partial charge in [0.05, 0.1) is 11.0 Å². The van der Waals surface area contributed by atoms with Crippen LogP contribution in [0, 0.1) is 0 Å². The molecule has 208 valence electrons. The Labute approximate surface area is 230 Å². The van der Waals surface area contributed by atoms with Gasteiger partial charge in [-0.3, -0.25) is 14.4 Å². The molecule has 2 aliphatic heterocycles. The number of anilines is 2. The van der Waals surface area contributed by atoms with Crippen molar-refractivity contribution in [1.29, 1.82) is 0 Å². The molecule has 2 aromatic carbocycles. The molecule has 0 radical (unpaired) electrons. The molecule has 1 aromatic heterocycles. The van der Waals surface area contributed by atoms with Crippen molar-refractivity contribution in [2.45, 2.75) is 77.3 Å². The van der Waals surface area contributed by atoms with E-state index in [0.29, 0.717) is 58.1 Å². The molecule has 2 fully saturated rings. The first kappa shape index (κ1) is 27.3. The summed E-state index contributed by atoms with van der Waals surface area (Å²) in [6.07, 6.45) is 8.18. The Morgan fingerprint density at radius 1 is 0.769 bits per heavy atom. The van der Waals surface area contributed by atoms with E-state index < -0.39 is 0 Å². The Kier molecular flexibility index (Phi) is 8.63. The number of aromatic amines is 1. The maximum absolute atomic E-state index is 13.2. The Hall–Kier alpha value is -3.23. The molecule has 39 heavy (non-hydrogen) atoms. The van der Waals surface area contributed by atoms with Crippen LogP contribution in [0.2, 0.25) is 0 Å². The van der Waals surface area contributed by atoms with Gasteiger partial charge in [0.1, 0.15) is 0 Å². The van der Waals surface area contributed by atoms with Crippen LogP contribution < -0.4 is 16.1 Å². The zero-order valence-electron chi connectivity index (χ0n) is 23.2. The van der Waals surface area contributed by atoms with Crippen LogP contribution in [0.5, 0.6) is 0 Å². The van der Waals surface area contributed by atoms with E-state index in [0.717, 1.165) is 26.2 Å². The highest BCUT2D eigenvalue weighted by Crippen LogP contribution is 2.22. The highest BCUT2D eigenvalue weighted by atomic mass is 16.2. The van der Waals surface area contributed by atoms with Crippen LogP contribution in [0.25, 0.3) is 21.8 Å². The van der Waals surface area contributed by atoms with Crippen LogP contribution in [0.3, 0.4) is 0 Å². The first-order valence-corrected chi connectivity index (χ1v) is 14.5. The number of nitrogens with one attached hydrogen (secondary N) is 3. The SMILES string of the molecule is CC1CCCCN1CCC(=O)Nc1ccc2c(=O)c3ccc(NC(=O)CCN4CCCCC4C)cc3[nH]c2c1. The quantitative estimate of drug-likeness (QED) is 0.352. The van der Waals surface area contributed by atoms with E-state index in [1.165, 1.54) is 38.5 Å². The third kappa shape index (κ3) is 6.68. The first-order chi connectivity index (χ1) is 18.9. The Bertz CT molecular complexity index is 1300. The number of piperidine rings is 2. The lowest BCUT2D eigenvalue weighted by Crippen LogP contribution is -2.39. The number of nitrogens with zero attached hydrogens (tertiary/aromatic N) is 2. The van der Waals surface area contributed by atoms with Crippen LogP contribution in [-0.2, 0) is 9.59 Å². The average molecular weight is 532 g/mol. The van der Waals surface area contributed by atoms with E-state index in [4.69, 9.17) is 0 Å². The lowest BCUT2D eigenvalue weighted by atomic mass is 10.0. The molecule has 0 bridgehead atoms. The molecule has 8 nitrogen and oxygen atoms in total. The van der Waals surface area contributed by atoms with Gasteiger partial charge >= 0.3 is 0 Å². The third-order valence-corrected chi connectivity index (χ3v) is 8.50. The highest BCUT2D eigenvalue weighted by Gasteiger charge is 2.20. The molecule has 2 saturated heterocycles. The lowest BCUT2D eigenvalue weighted by molar-refractivity contribution is -0.117. The van der Waals surface area contributed by atoms with Gasteiger partial charge in [-0.25, -0.2) is 0 Å². The number of pyridine rings is 1. The summed E-state index contributed by atoms with van der Waals surface area (Å²) in [6.45, 7) is 8.08. The zero-order valence-corrected chi connectivity index (χ0v) is 23.2. The smallest absolute Gasteiger partial charge is 0.225 e. The molecule has 2 unspecified atom stereocenters. The number of carbonyl (C=O) groups is 2. The number of hydrogen-bond donors (Lipinski definition) is 3. The second-order valence-electron chi connectivity index (χ2n) is 11.3. The minimum Gasteiger partial charge on any atom is -0.354 e. The molecule has 0 aliphatic carbocycles. The largest absolute Gasteiger partial charge is 0.354 e.